The molecule has 6 nitrogen and oxygen atoms in total. The molecular weight excluding hydrogens is 439 g/mol. The van der Waals surface area contributed by atoms with E-state index in [1.807, 2.05) is 16.7 Å². The first-order valence-electron chi connectivity index (χ1n) is 8.62. The lowest BCUT2D eigenvalue weighted by atomic mass is 10.2. The van der Waals surface area contributed by atoms with Gasteiger partial charge >= 0.3 is 0 Å². The number of piperazine rings is 1. The monoisotopic (exact) mass is 470 g/mol. The van der Waals surface area contributed by atoms with Crippen LogP contribution in [0.1, 0.15) is 26.7 Å². The van der Waals surface area contributed by atoms with Crippen molar-refractivity contribution >= 4 is 47.6 Å². The third kappa shape index (κ3) is 6.25. The summed E-state index contributed by atoms with van der Waals surface area (Å²) in [6.07, 6.45) is 3.78. The lowest BCUT2D eigenvalue weighted by molar-refractivity contribution is -0.142. The van der Waals surface area contributed by atoms with Crippen LogP contribution in [0.25, 0.3) is 0 Å². The second kappa shape index (κ2) is 11.4. The molecule has 0 spiro atoms. The van der Waals surface area contributed by atoms with Gasteiger partial charge in [-0.1, -0.05) is 6.92 Å². The molecule has 1 amide bonds. The molecule has 0 bridgehead atoms. The lowest BCUT2D eigenvalue weighted by Gasteiger charge is -2.37. The zero-order valence-electron chi connectivity index (χ0n) is 15.0. The number of rotatable bonds is 5. The van der Waals surface area contributed by atoms with Crippen molar-refractivity contribution in [1.29, 1.82) is 0 Å². The number of halogens is 1. The third-order valence-corrected chi connectivity index (χ3v) is 5.29. The zero-order chi connectivity index (χ0) is 16.7. The molecule has 1 N–H and O–H groups in total. The van der Waals surface area contributed by atoms with Crippen LogP contribution in [0.3, 0.4) is 0 Å². The summed E-state index contributed by atoms with van der Waals surface area (Å²) in [5.41, 5.74) is 0. The van der Waals surface area contributed by atoms with E-state index in [2.05, 4.69) is 30.3 Å². The van der Waals surface area contributed by atoms with Crippen molar-refractivity contribution in [2.24, 2.45) is 4.99 Å². The number of nitrogens with one attached hydrogen (secondary N) is 1. The van der Waals surface area contributed by atoms with Gasteiger partial charge in [-0.15, -0.1) is 24.0 Å². The topological polar surface area (TPSA) is 57.2 Å². The fourth-order valence-electron chi connectivity index (χ4n) is 2.83. The summed E-state index contributed by atoms with van der Waals surface area (Å²) in [6, 6.07) is 0. The SMILES string of the molecule is CCNC(=NCC(C)SC)N1CCN(C(=O)C2CCCO2)CC1.I. The van der Waals surface area contributed by atoms with Gasteiger partial charge in [0.15, 0.2) is 5.96 Å². The number of ether oxygens (including phenoxy) is 1. The largest absolute Gasteiger partial charge is 0.368 e. The van der Waals surface area contributed by atoms with E-state index in [0.29, 0.717) is 5.25 Å². The van der Waals surface area contributed by atoms with E-state index in [1.165, 1.54) is 0 Å². The molecular formula is C16H31IN4O2S. The Morgan fingerprint density at radius 3 is 2.54 bits per heavy atom. The zero-order valence-corrected chi connectivity index (χ0v) is 18.1. The number of aliphatic imine (C=N–C) groups is 1. The number of carbonyl (C=O) groups excluding carboxylic acids is 1. The smallest absolute Gasteiger partial charge is 0.251 e. The number of hydrogen-bond donors (Lipinski definition) is 1. The summed E-state index contributed by atoms with van der Waals surface area (Å²) in [5, 5.41) is 3.89. The van der Waals surface area contributed by atoms with Crippen molar-refractivity contribution in [3.05, 3.63) is 0 Å². The van der Waals surface area contributed by atoms with E-state index in [4.69, 9.17) is 9.73 Å². The van der Waals surface area contributed by atoms with Gasteiger partial charge in [0.05, 0.1) is 6.54 Å². The maximum absolute atomic E-state index is 12.4. The fraction of sp³-hybridized carbons (Fsp3) is 0.875. The van der Waals surface area contributed by atoms with Crippen LogP contribution in [-0.2, 0) is 9.53 Å². The number of amides is 1. The molecule has 0 aromatic carbocycles. The van der Waals surface area contributed by atoms with Gasteiger partial charge in [0, 0.05) is 44.6 Å². The van der Waals surface area contributed by atoms with Crippen molar-refractivity contribution in [3.63, 3.8) is 0 Å². The van der Waals surface area contributed by atoms with Gasteiger partial charge in [-0.2, -0.15) is 11.8 Å². The van der Waals surface area contributed by atoms with E-state index in [0.717, 1.165) is 64.7 Å². The van der Waals surface area contributed by atoms with Crippen molar-refractivity contribution in [1.82, 2.24) is 15.1 Å². The van der Waals surface area contributed by atoms with Crippen molar-refractivity contribution < 1.29 is 9.53 Å². The molecule has 2 rings (SSSR count). The Hall–Kier alpha value is -0.220. The molecule has 2 unspecified atom stereocenters. The molecule has 8 heteroatoms. The first kappa shape index (κ1) is 21.8. The molecule has 0 aromatic heterocycles. The van der Waals surface area contributed by atoms with E-state index in [-0.39, 0.29) is 36.0 Å². The first-order valence-corrected chi connectivity index (χ1v) is 9.91. The van der Waals surface area contributed by atoms with Crippen LogP contribution >= 0.6 is 35.7 Å². The lowest BCUT2D eigenvalue weighted by Crippen LogP contribution is -2.55. The van der Waals surface area contributed by atoms with Gasteiger partial charge in [0.1, 0.15) is 6.10 Å². The van der Waals surface area contributed by atoms with Crippen LogP contribution in [-0.4, -0.2) is 85.2 Å². The summed E-state index contributed by atoms with van der Waals surface area (Å²) in [6.45, 7) is 9.85. The summed E-state index contributed by atoms with van der Waals surface area (Å²) in [4.78, 5) is 21.3. The second-order valence-corrected chi connectivity index (χ2v) is 7.33. The highest BCUT2D eigenvalue weighted by molar-refractivity contribution is 14.0. The Labute approximate surface area is 167 Å². The molecule has 2 aliphatic rings. The molecule has 0 aliphatic carbocycles. The number of nitrogens with zero attached hydrogens (tertiary/aromatic N) is 3. The standard InChI is InChI=1S/C16H30N4O2S.HI/c1-4-17-16(18-12-13(2)23-3)20-9-7-19(8-10-20)15(21)14-6-5-11-22-14;/h13-14H,4-12H2,1-3H3,(H,17,18);1H. The Bertz CT molecular complexity index is 411. The van der Waals surface area contributed by atoms with Crippen LogP contribution < -0.4 is 5.32 Å². The predicted molar refractivity (Wildman–Crippen MR) is 111 cm³/mol. The number of carbonyl (C=O) groups is 1. The molecule has 2 aliphatic heterocycles. The Morgan fingerprint density at radius 2 is 2.00 bits per heavy atom. The molecule has 140 valence electrons. The summed E-state index contributed by atoms with van der Waals surface area (Å²) in [5.74, 6) is 1.14. The Kier molecular flexibility index (Phi) is 10.4. The number of thioether (sulfide) groups is 1. The molecule has 2 heterocycles. The summed E-state index contributed by atoms with van der Waals surface area (Å²) < 4.78 is 5.51. The molecule has 0 radical (unpaired) electrons. The van der Waals surface area contributed by atoms with Crippen LogP contribution in [0.4, 0.5) is 0 Å². The molecule has 2 atom stereocenters. The normalized spacial score (nSPS) is 23.0. The quantitative estimate of drug-likeness (QED) is 0.376. The molecule has 24 heavy (non-hydrogen) atoms. The molecule has 2 saturated heterocycles. The average Bonchev–Trinajstić information content (AvgIpc) is 3.12. The highest BCUT2D eigenvalue weighted by Gasteiger charge is 2.30. The van der Waals surface area contributed by atoms with Crippen LogP contribution in [0.15, 0.2) is 4.99 Å². The second-order valence-electron chi connectivity index (χ2n) is 6.05. The number of guanidine groups is 1. The van der Waals surface area contributed by atoms with E-state index < -0.39 is 0 Å². The average molecular weight is 470 g/mol. The predicted octanol–water partition coefficient (Wildman–Crippen LogP) is 1.64. The van der Waals surface area contributed by atoms with Crippen LogP contribution in [0.2, 0.25) is 0 Å². The Balaban J connectivity index is 0.00000288. The van der Waals surface area contributed by atoms with Crippen molar-refractivity contribution in [2.45, 2.75) is 38.0 Å². The van der Waals surface area contributed by atoms with Gasteiger partial charge in [-0.25, -0.2) is 0 Å². The third-order valence-electron chi connectivity index (χ3n) is 4.33. The molecule has 0 saturated carbocycles. The molecule has 2 fully saturated rings. The maximum atomic E-state index is 12.4. The maximum Gasteiger partial charge on any atom is 0.251 e. The van der Waals surface area contributed by atoms with Crippen LogP contribution in [0.5, 0.6) is 0 Å². The minimum absolute atomic E-state index is 0. The van der Waals surface area contributed by atoms with E-state index >= 15 is 0 Å². The van der Waals surface area contributed by atoms with Gasteiger partial charge < -0.3 is 19.9 Å². The summed E-state index contributed by atoms with van der Waals surface area (Å²) in [7, 11) is 0. The van der Waals surface area contributed by atoms with E-state index in [9.17, 15) is 4.79 Å². The van der Waals surface area contributed by atoms with Crippen molar-refractivity contribution in [3.8, 4) is 0 Å². The highest BCUT2D eigenvalue weighted by Crippen LogP contribution is 2.16. The highest BCUT2D eigenvalue weighted by atomic mass is 127. The number of hydrogen-bond acceptors (Lipinski definition) is 4. The molecule has 0 aromatic rings. The minimum atomic E-state index is -0.203. The van der Waals surface area contributed by atoms with Gasteiger partial charge in [0.2, 0.25) is 0 Å². The van der Waals surface area contributed by atoms with Gasteiger partial charge in [-0.05, 0) is 26.0 Å². The van der Waals surface area contributed by atoms with Crippen LogP contribution in [0, 0.1) is 0 Å². The summed E-state index contributed by atoms with van der Waals surface area (Å²) >= 11 is 1.83. The van der Waals surface area contributed by atoms with E-state index in [1.54, 1.807) is 0 Å². The Morgan fingerprint density at radius 1 is 1.33 bits per heavy atom. The van der Waals surface area contributed by atoms with Gasteiger partial charge in [0.25, 0.3) is 5.91 Å². The van der Waals surface area contributed by atoms with Crippen molar-refractivity contribution in [2.75, 3.05) is 52.1 Å². The minimum Gasteiger partial charge on any atom is -0.368 e. The fourth-order valence-corrected chi connectivity index (χ4v) is 3.05. The first-order chi connectivity index (χ1) is 11.2. The van der Waals surface area contributed by atoms with Gasteiger partial charge in [-0.3, -0.25) is 9.79 Å².